The van der Waals surface area contributed by atoms with Crippen LogP contribution in [-0.2, 0) is 0 Å². The van der Waals surface area contributed by atoms with Crippen molar-refractivity contribution >= 4 is 28.4 Å². The number of ether oxygens (including phenoxy) is 2. The van der Waals surface area contributed by atoms with E-state index >= 15 is 0 Å². The highest BCUT2D eigenvalue weighted by atomic mass is 35.5. The maximum atomic E-state index is 11.9. The fourth-order valence-electron chi connectivity index (χ4n) is 2.36. The lowest BCUT2D eigenvalue weighted by Crippen LogP contribution is -2.01. The average molecular weight is 403 g/mol. The summed E-state index contributed by atoms with van der Waals surface area (Å²) in [5, 5.41) is 26.8. The normalized spacial score (nSPS) is 11.3. The number of hydrogen-bond donors (Lipinski definition) is 0. The van der Waals surface area contributed by atoms with Crippen LogP contribution in [0.1, 0.15) is 11.5 Å². The van der Waals surface area contributed by atoms with E-state index in [1.165, 1.54) is 19.3 Å². The van der Waals surface area contributed by atoms with Gasteiger partial charge in [0.1, 0.15) is 16.5 Å². The Morgan fingerprint density at radius 2 is 1.93 bits per heavy atom. The van der Waals surface area contributed by atoms with Gasteiger partial charge in [0, 0.05) is 17.4 Å². The number of hydrogen-bond acceptors (Lipinski definition) is 8. The van der Waals surface area contributed by atoms with Gasteiger partial charge in [0.15, 0.2) is 0 Å². The van der Waals surface area contributed by atoms with Crippen LogP contribution in [-0.4, -0.2) is 29.3 Å². The predicted molar refractivity (Wildman–Crippen MR) is 99.1 cm³/mol. The van der Waals surface area contributed by atoms with Gasteiger partial charge in [-0.05, 0) is 42.0 Å². The van der Waals surface area contributed by atoms with Crippen LogP contribution in [0, 0.1) is 10.1 Å². The molecule has 3 aromatic rings. The van der Waals surface area contributed by atoms with Gasteiger partial charge < -0.3 is 19.1 Å². The summed E-state index contributed by atoms with van der Waals surface area (Å²) in [7, 11) is 2.81. The largest absolute Gasteiger partial charge is 0.865 e. The third kappa shape index (κ3) is 3.89. The van der Waals surface area contributed by atoms with E-state index in [0.717, 1.165) is 6.07 Å². The maximum absolute atomic E-state index is 11.9. The zero-order valence-electron chi connectivity index (χ0n) is 14.7. The molecular weight excluding hydrogens is 390 g/mol. The molecule has 0 atom stereocenters. The van der Waals surface area contributed by atoms with Gasteiger partial charge in [-0.3, -0.25) is 10.1 Å². The van der Waals surface area contributed by atoms with Crippen LogP contribution in [0.5, 0.6) is 17.2 Å². The number of halogens is 1. The molecule has 3 rings (SSSR count). The summed E-state index contributed by atoms with van der Waals surface area (Å²) in [4.78, 5) is 14.5. The van der Waals surface area contributed by atoms with Crippen molar-refractivity contribution in [1.82, 2.24) is 10.1 Å². The van der Waals surface area contributed by atoms with Crippen molar-refractivity contribution < 1.29 is 24.0 Å². The standard InChI is InChI=1S/C18H14ClN3O6/c1-26-12-5-3-11(4-6-12)17-20-18(28-21-17)13(19)7-10-8-14(22(24)25)16(23)15(9-10)27-2/h3-9,23H,1-2H3/p-1/b13-7-. The summed E-state index contributed by atoms with van der Waals surface area (Å²) in [5.41, 5.74) is 0.338. The van der Waals surface area contributed by atoms with Crippen LogP contribution in [0.2, 0.25) is 0 Å². The molecule has 28 heavy (non-hydrogen) atoms. The van der Waals surface area contributed by atoms with Crippen molar-refractivity contribution in [2.45, 2.75) is 0 Å². The van der Waals surface area contributed by atoms with Crippen LogP contribution in [0.25, 0.3) is 22.5 Å². The summed E-state index contributed by atoms with van der Waals surface area (Å²) in [6, 6.07) is 9.43. The fourth-order valence-corrected chi connectivity index (χ4v) is 2.57. The molecule has 144 valence electrons. The average Bonchev–Trinajstić information content (AvgIpc) is 3.19. The van der Waals surface area contributed by atoms with E-state index in [-0.39, 0.29) is 22.2 Å². The molecule has 10 heteroatoms. The number of nitro benzene ring substituents is 1. The zero-order chi connectivity index (χ0) is 20.3. The Kier molecular flexibility index (Phi) is 5.46. The monoisotopic (exact) mass is 402 g/mol. The molecule has 0 N–H and O–H groups in total. The van der Waals surface area contributed by atoms with Gasteiger partial charge in [-0.1, -0.05) is 16.8 Å². The summed E-state index contributed by atoms with van der Waals surface area (Å²) < 4.78 is 15.1. The molecule has 0 amide bonds. The molecule has 0 aliphatic rings. The second-order valence-electron chi connectivity index (χ2n) is 5.47. The first-order chi connectivity index (χ1) is 13.4. The van der Waals surface area contributed by atoms with E-state index in [9.17, 15) is 15.2 Å². The summed E-state index contributed by atoms with van der Waals surface area (Å²) in [6.45, 7) is 0. The van der Waals surface area contributed by atoms with Gasteiger partial charge >= 0.3 is 0 Å². The molecular formula is C18H13ClN3O6-. The Morgan fingerprint density at radius 1 is 1.21 bits per heavy atom. The molecule has 1 heterocycles. The van der Waals surface area contributed by atoms with Gasteiger partial charge in [-0.15, -0.1) is 0 Å². The number of benzene rings is 2. The molecule has 0 fully saturated rings. The van der Waals surface area contributed by atoms with E-state index in [4.69, 9.17) is 25.6 Å². The van der Waals surface area contributed by atoms with Crippen LogP contribution in [0.3, 0.4) is 0 Å². The van der Waals surface area contributed by atoms with Gasteiger partial charge in [0.25, 0.3) is 11.6 Å². The van der Waals surface area contributed by atoms with E-state index in [0.29, 0.717) is 17.1 Å². The molecule has 0 aliphatic carbocycles. The quantitative estimate of drug-likeness (QED) is 0.453. The summed E-state index contributed by atoms with van der Waals surface area (Å²) in [6.07, 6.45) is 1.36. The Morgan fingerprint density at radius 3 is 2.54 bits per heavy atom. The lowest BCUT2D eigenvalue weighted by molar-refractivity contribution is -0.398. The SMILES string of the molecule is COc1ccc(-c2noc(/C(Cl)=C/c3cc(OC)c([O-])c([N+](=O)[O-])c3)n2)cc1. The molecule has 0 saturated heterocycles. The lowest BCUT2D eigenvalue weighted by Gasteiger charge is -2.13. The highest BCUT2D eigenvalue weighted by Crippen LogP contribution is 2.36. The van der Waals surface area contributed by atoms with E-state index < -0.39 is 16.4 Å². The second kappa shape index (κ2) is 7.97. The molecule has 1 aromatic heterocycles. The minimum Gasteiger partial charge on any atom is -0.865 e. The van der Waals surface area contributed by atoms with Gasteiger partial charge in [-0.2, -0.15) is 4.98 Å². The van der Waals surface area contributed by atoms with Gasteiger partial charge in [0.2, 0.25) is 5.82 Å². The summed E-state index contributed by atoms with van der Waals surface area (Å²) >= 11 is 6.21. The molecule has 0 bridgehead atoms. The van der Waals surface area contributed by atoms with Crippen molar-refractivity contribution in [3.63, 3.8) is 0 Å². The van der Waals surface area contributed by atoms with Crippen LogP contribution in [0.15, 0.2) is 40.9 Å². The molecule has 0 unspecified atom stereocenters. The second-order valence-corrected chi connectivity index (χ2v) is 5.88. The molecule has 0 radical (unpaired) electrons. The number of nitrogens with zero attached hydrogens (tertiary/aromatic N) is 3. The lowest BCUT2D eigenvalue weighted by atomic mass is 10.1. The molecule has 0 spiro atoms. The molecule has 2 aromatic carbocycles. The third-order valence-corrected chi connectivity index (χ3v) is 4.02. The Bertz CT molecular complexity index is 1050. The van der Waals surface area contributed by atoms with E-state index in [1.807, 2.05) is 0 Å². The van der Waals surface area contributed by atoms with Crippen LogP contribution in [0.4, 0.5) is 5.69 Å². The molecule has 9 nitrogen and oxygen atoms in total. The Labute approximate surface area is 163 Å². The first-order valence-corrected chi connectivity index (χ1v) is 8.20. The smallest absolute Gasteiger partial charge is 0.269 e. The fraction of sp³-hybridized carbons (Fsp3) is 0.111. The van der Waals surface area contributed by atoms with Crippen molar-refractivity contribution in [3.8, 4) is 28.6 Å². The topological polar surface area (TPSA) is 124 Å². The third-order valence-electron chi connectivity index (χ3n) is 3.75. The van der Waals surface area contributed by atoms with Gasteiger partial charge in [-0.25, -0.2) is 0 Å². The minimum absolute atomic E-state index is 0.0142. The highest BCUT2D eigenvalue weighted by Gasteiger charge is 2.15. The van der Waals surface area contributed by atoms with E-state index in [2.05, 4.69) is 10.1 Å². The number of rotatable bonds is 6. The first-order valence-electron chi connectivity index (χ1n) is 7.82. The Balaban J connectivity index is 1.93. The Hall–Kier alpha value is -3.59. The van der Waals surface area contributed by atoms with Crippen molar-refractivity contribution in [2.75, 3.05) is 14.2 Å². The van der Waals surface area contributed by atoms with Crippen molar-refractivity contribution in [2.24, 2.45) is 0 Å². The number of nitro groups is 1. The number of methoxy groups -OCH3 is 2. The number of aromatic nitrogens is 2. The molecule has 0 aliphatic heterocycles. The highest BCUT2D eigenvalue weighted by molar-refractivity contribution is 6.50. The minimum atomic E-state index is -0.819. The van der Waals surface area contributed by atoms with Crippen LogP contribution >= 0.6 is 11.6 Å². The van der Waals surface area contributed by atoms with Crippen molar-refractivity contribution in [1.29, 1.82) is 0 Å². The zero-order valence-corrected chi connectivity index (χ0v) is 15.5. The van der Waals surface area contributed by atoms with Crippen molar-refractivity contribution in [3.05, 3.63) is 58.0 Å². The first kappa shape index (κ1) is 19.2. The van der Waals surface area contributed by atoms with E-state index in [1.54, 1.807) is 31.4 Å². The maximum Gasteiger partial charge on any atom is 0.269 e. The summed E-state index contributed by atoms with van der Waals surface area (Å²) in [5.74, 6) is 0.0143. The van der Waals surface area contributed by atoms with Crippen LogP contribution < -0.4 is 14.6 Å². The predicted octanol–water partition coefficient (Wildman–Crippen LogP) is 3.47. The van der Waals surface area contributed by atoms with Gasteiger partial charge in [0.05, 0.1) is 19.1 Å². The molecule has 0 saturated carbocycles.